The van der Waals surface area contributed by atoms with Gasteiger partial charge in [0, 0.05) is 20.0 Å². The maximum absolute atomic E-state index is 11.2. The lowest BCUT2D eigenvalue weighted by molar-refractivity contribution is -0.122. The fraction of sp³-hybridized carbons (Fsp3) is 0.556. The molecule has 6 nitrogen and oxygen atoms in total. The predicted molar refractivity (Wildman–Crippen MR) is 52.5 cm³/mol. The predicted octanol–water partition coefficient (Wildman–Crippen LogP) is -0.367. The third-order valence-corrected chi connectivity index (χ3v) is 1.88. The zero-order chi connectivity index (χ0) is 11.3. The molecule has 1 N–H and O–H groups in total. The fourth-order valence-corrected chi connectivity index (χ4v) is 1.01. The molecule has 1 rings (SSSR count). The average molecular weight is 207 g/mol. The first-order chi connectivity index (χ1) is 7.13. The molecule has 0 spiro atoms. The van der Waals surface area contributed by atoms with Crippen LogP contribution in [0.25, 0.3) is 0 Å². The van der Waals surface area contributed by atoms with Gasteiger partial charge in [-0.05, 0) is 6.92 Å². The molecule has 0 aliphatic rings. The van der Waals surface area contributed by atoms with Crippen LogP contribution in [0.5, 0.6) is 0 Å². The second kappa shape index (κ2) is 5.10. The quantitative estimate of drug-likeness (QED) is 0.730. The van der Waals surface area contributed by atoms with E-state index in [-0.39, 0.29) is 5.91 Å². The van der Waals surface area contributed by atoms with Crippen molar-refractivity contribution in [1.29, 1.82) is 5.26 Å². The van der Waals surface area contributed by atoms with E-state index in [1.807, 2.05) is 6.07 Å². The van der Waals surface area contributed by atoms with Crippen molar-refractivity contribution < 1.29 is 4.79 Å². The average Bonchev–Trinajstić information content (AvgIpc) is 2.63. The Balaban J connectivity index is 2.28. The van der Waals surface area contributed by atoms with Gasteiger partial charge in [-0.15, -0.1) is 0 Å². The van der Waals surface area contributed by atoms with Crippen molar-refractivity contribution in [3.05, 3.63) is 12.2 Å². The molecular weight excluding hydrogens is 194 g/mol. The van der Waals surface area contributed by atoms with Crippen LogP contribution in [0.15, 0.2) is 6.33 Å². The van der Waals surface area contributed by atoms with Crippen LogP contribution in [-0.4, -0.2) is 27.2 Å². The number of nitriles is 1. The SMILES string of the molecule is CC(C#N)C(=O)NCCc1ncn(C)n1. The highest BCUT2D eigenvalue weighted by atomic mass is 16.1. The molecule has 0 fully saturated rings. The molecule has 15 heavy (non-hydrogen) atoms. The molecule has 0 aliphatic carbocycles. The Labute approximate surface area is 87.9 Å². The number of amides is 1. The second-order valence-electron chi connectivity index (χ2n) is 3.23. The van der Waals surface area contributed by atoms with Crippen molar-refractivity contribution in [1.82, 2.24) is 20.1 Å². The molecule has 0 aliphatic heterocycles. The summed E-state index contributed by atoms with van der Waals surface area (Å²) in [6.45, 7) is 2.02. The van der Waals surface area contributed by atoms with Gasteiger partial charge in [-0.25, -0.2) is 4.98 Å². The minimum absolute atomic E-state index is 0.256. The Morgan fingerprint density at radius 3 is 3.07 bits per heavy atom. The van der Waals surface area contributed by atoms with Crippen LogP contribution in [-0.2, 0) is 18.3 Å². The number of rotatable bonds is 4. The largest absolute Gasteiger partial charge is 0.355 e. The van der Waals surface area contributed by atoms with Gasteiger partial charge < -0.3 is 5.32 Å². The van der Waals surface area contributed by atoms with Crippen molar-refractivity contribution in [3.8, 4) is 6.07 Å². The highest BCUT2D eigenvalue weighted by molar-refractivity contribution is 5.80. The molecule has 0 saturated heterocycles. The molecule has 1 atom stereocenters. The van der Waals surface area contributed by atoms with Crippen LogP contribution in [0.1, 0.15) is 12.7 Å². The fourth-order valence-electron chi connectivity index (χ4n) is 1.01. The second-order valence-corrected chi connectivity index (χ2v) is 3.23. The summed E-state index contributed by atoms with van der Waals surface area (Å²) in [7, 11) is 1.78. The summed E-state index contributed by atoms with van der Waals surface area (Å²) in [4.78, 5) is 15.2. The smallest absolute Gasteiger partial charge is 0.237 e. The molecule has 1 amide bonds. The molecule has 0 aromatic carbocycles. The molecule has 1 heterocycles. The molecule has 6 heteroatoms. The number of nitrogens with zero attached hydrogens (tertiary/aromatic N) is 4. The van der Waals surface area contributed by atoms with Crippen LogP contribution in [0.4, 0.5) is 0 Å². The standard InChI is InChI=1S/C9H13N5O/c1-7(5-10)9(15)11-4-3-8-12-6-14(2)13-8/h6-7H,3-4H2,1-2H3,(H,11,15). The number of carbonyl (C=O) groups is 1. The Morgan fingerprint density at radius 1 is 1.80 bits per heavy atom. The van der Waals surface area contributed by atoms with E-state index in [4.69, 9.17) is 5.26 Å². The summed E-state index contributed by atoms with van der Waals surface area (Å²) < 4.78 is 1.61. The van der Waals surface area contributed by atoms with E-state index in [2.05, 4.69) is 15.4 Å². The molecule has 1 unspecified atom stereocenters. The van der Waals surface area contributed by atoms with Crippen molar-refractivity contribution >= 4 is 5.91 Å². The maximum atomic E-state index is 11.2. The lowest BCUT2D eigenvalue weighted by atomic mass is 10.2. The van der Waals surface area contributed by atoms with E-state index in [1.54, 1.807) is 25.0 Å². The number of nitrogens with one attached hydrogen (secondary N) is 1. The van der Waals surface area contributed by atoms with Crippen LogP contribution < -0.4 is 5.32 Å². The van der Waals surface area contributed by atoms with Gasteiger partial charge in [0.2, 0.25) is 5.91 Å². The number of aryl methyl sites for hydroxylation is 1. The van der Waals surface area contributed by atoms with Gasteiger partial charge in [-0.3, -0.25) is 9.48 Å². The van der Waals surface area contributed by atoms with E-state index in [1.165, 1.54) is 0 Å². The van der Waals surface area contributed by atoms with Crippen molar-refractivity contribution in [2.75, 3.05) is 6.54 Å². The van der Waals surface area contributed by atoms with Gasteiger partial charge in [0.1, 0.15) is 12.2 Å². The molecule has 0 radical (unpaired) electrons. The van der Waals surface area contributed by atoms with E-state index >= 15 is 0 Å². The summed E-state index contributed by atoms with van der Waals surface area (Å²) in [5.41, 5.74) is 0. The van der Waals surface area contributed by atoms with E-state index in [0.29, 0.717) is 18.8 Å². The van der Waals surface area contributed by atoms with Crippen molar-refractivity contribution in [2.45, 2.75) is 13.3 Å². The third-order valence-electron chi connectivity index (χ3n) is 1.88. The minimum atomic E-state index is -0.610. The van der Waals surface area contributed by atoms with Gasteiger partial charge in [0.05, 0.1) is 6.07 Å². The maximum Gasteiger partial charge on any atom is 0.237 e. The number of hydrogen-bond donors (Lipinski definition) is 1. The van der Waals surface area contributed by atoms with Crippen LogP contribution in [0.3, 0.4) is 0 Å². The first-order valence-electron chi connectivity index (χ1n) is 4.65. The van der Waals surface area contributed by atoms with E-state index < -0.39 is 5.92 Å². The Hall–Kier alpha value is -1.90. The zero-order valence-corrected chi connectivity index (χ0v) is 8.77. The zero-order valence-electron chi connectivity index (χ0n) is 8.77. The van der Waals surface area contributed by atoms with Gasteiger partial charge in [-0.2, -0.15) is 10.4 Å². The van der Waals surface area contributed by atoms with Gasteiger partial charge in [0.15, 0.2) is 5.82 Å². The minimum Gasteiger partial charge on any atom is -0.355 e. The van der Waals surface area contributed by atoms with Crippen molar-refractivity contribution in [3.63, 3.8) is 0 Å². The first-order valence-corrected chi connectivity index (χ1v) is 4.65. The van der Waals surface area contributed by atoms with Crippen molar-refractivity contribution in [2.24, 2.45) is 13.0 Å². The van der Waals surface area contributed by atoms with E-state index in [9.17, 15) is 4.79 Å². The summed E-state index contributed by atoms with van der Waals surface area (Å²) in [5, 5.41) is 15.2. The molecule has 1 aromatic rings. The molecule has 80 valence electrons. The number of carbonyl (C=O) groups excluding carboxylic acids is 1. The lowest BCUT2D eigenvalue weighted by Gasteiger charge is -2.03. The van der Waals surface area contributed by atoms with Crippen LogP contribution in [0, 0.1) is 17.2 Å². The highest BCUT2D eigenvalue weighted by Gasteiger charge is 2.10. The summed E-state index contributed by atoms with van der Waals surface area (Å²) in [6.07, 6.45) is 2.18. The molecule has 0 saturated carbocycles. The molecule has 1 aromatic heterocycles. The number of aromatic nitrogens is 3. The topological polar surface area (TPSA) is 83.6 Å². The lowest BCUT2D eigenvalue weighted by Crippen LogP contribution is -2.30. The monoisotopic (exact) mass is 207 g/mol. The highest BCUT2D eigenvalue weighted by Crippen LogP contribution is 1.92. The van der Waals surface area contributed by atoms with Gasteiger partial charge >= 0.3 is 0 Å². The summed E-state index contributed by atoms with van der Waals surface area (Å²) in [5.74, 6) is -0.183. The Kier molecular flexibility index (Phi) is 3.80. The first kappa shape index (κ1) is 11.2. The normalized spacial score (nSPS) is 11.8. The Bertz CT molecular complexity index is 378. The third kappa shape index (κ3) is 3.38. The molecular formula is C9H13N5O. The van der Waals surface area contributed by atoms with Gasteiger partial charge in [-0.1, -0.05) is 0 Å². The van der Waals surface area contributed by atoms with Crippen LogP contribution in [0.2, 0.25) is 0 Å². The Morgan fingerprint density at radius 2 is 2.53 bits per heavy atom. The van der Waals surface area contributed by atoms with E-state index in [0.717, 1.165) is 0 Å². The summed E-state index contributed by atoms with van der Waals surface area (Å²) in [6, 6.07) is 1.87. The van der Waals surface area contributed by atoms with Crippen LogP contribution >= 0.6 is 0 Å². The number of hydrogen-bond acceptors (Lipinski definition) is 4. The molecule has 0 bridgehead atoms. The summed E-state index contributed by atoms with van der Waals surface area (Å²) >= 11 is 0. The van der Waals surface area contributed by atoms with Gasteiger partial charge in [0.25, 0.3) is 0 Å².